The highest BCUT2D eigenvalue weighted by atomic mass is 32.2. The van der Waals surface area contributed by atoms with Crippen molar-refractivity contribution in [3.05, 3.63) is 155 Å². The standard InChI is InChI=1S/C44H45N3O7S/c1-29(49)46-37-18-20-39(21-19-37)55-28-38-25-41(33-16-14-31(27-48)15-17-33)54-43(53-38)36-13-7-12-35(24-36)34-11-6-10-32(22-34)26-45-44(51)47-40(42(50)52-2)23-30-8-4-3-5-9-30/h3-22,24,38,40-41,43,48H,23,25-28H2,1-2H3,(H,46,49)(H2,45,47,51). The number of amides is 3. The minimum atomic E-state index is -0.828. The van der Waals surface area contributed by atoms with Gasteiger partial charge in [0.25, 0.3) is 0 Å². The monoisotopic (exact) mass is 759 g/mol. The molecule has 4 unspecified atom stereocenters. The number of ether oxygens (including phenoxy) is 3. The van der Waals surface area contributed by atoms with Crippen LogP contribution >= 0.6 is 11.8 Å². The zero-order chi connectivity index (χ0) is 38.6. The number of esters is 1. The first-order chi connectivity index (χ1) is 26.8. The molecule has 1 aliphatic rings. The number of benzene rings is 5. The first kappa shape index (κ1) is 39.2. The van der Waals surface area contributed by atoms with Gasteiger partial charge >= 0.3 is 12.0 Å². The first-order valence-corrected chi connectivity index (χ1v) is 19.1. The quantitative estimate of drug-likeness (QED) is 0.0668. The van der Waals surface area contributed by atoms with Crippen molar-refractivity contribution in [2.45, 2.75) is 62.4 Å². The van der Waals surface area contributed by atoms with E-state index in [4.69, 9.17) is 14.2 Å². The Kier molecular flexibility index (Phi) is 13.7. The van der Waals surface area contributed by atoms with Gasteiger partial charge in [0.1, 0.15) is 6.04 Å². The predicted molar refractivity (Wildman–Crippen MR) is 213 cm³/mol. The zero-order valence-electron chi connectivity index (χ0n) is 30.8. The fraction of sp³-hybridized carbons (Fsp3) is 0.250. The number of hydrogen-bond acceptors (Lipinski definition) is 8. The summed E-state index contributed by atoms with van der Waals surface area (Å²) in [5, 5.41) is 18.0. The van der Waals surface area contributed by atoms with Gasteiger partial charge in [-0.2, -0.15) is 0 Å². The smallest absolute Gasteiger partial charge is 0.328 e. The molecule has 10 nitrogen and oxygen atoms in total. The summed E-state index contributed by atoms with van der Waals surface area (Å²) in [6, 6.07) is 39.7. The topological polar surface area (TPSA) is 135 Å². The van der Waals surface area contributed by atoms with Gasteiger partial charge < -0.3 is 35.3 Å². The summed E-state index contributed by atoms with van der Waals surface area (Å²) in [6.45, 7) is 1.71. The fourth-order valence-electron chi connectivity index (χ4n) is 6.35. The number of hydrogen-bond donors (Lipinski definition) is 4. The van der Waals surface area contributed by atoms with E-state index in [1.165, 1.54) is 14.0 Å². The molecule has 0 saturated carbocycles. The molecular weight excluding hydrogens is 715 g/mol. The Morgan fingerprint density at radius 3 is 2.22 bits per heavy atom. The van der Waals surface area contributed by atoms with Crippen molar-refractivity contribution in [2.24, 2.45) is 0 Å². The molecule has 0 aromatic heterocycles. The van der Waals surface area contributed by atoms with Crippen LogP contribution in [-0.2, 0) is 43.4 Å². The van der Waals surface area contributed by atoms with Gasteiger partial charge in [-0.3, -0.25) is 4.79 Å². The summed E-state index contributed by atoms with van der Waals surface area (Å²) in [5.41, 5.74) is 7.18. The van der Waals surface area contributed by atoms with E-state index in [2.05, 4.69) is 22.0 Å². The third-order valence-corrected chi connectivity index (χ3v) is 10.3. The molecule has 5 aromatic rings. The second-order valence-corrected chi connectivity index (χ2v) is 14.4. The SMILES string of the molecule is COC(=O)C(Cc1ccccc1)NC(=O)NCc1cccc(-c2cccc(C3OC(CSc4ccc(NC(C)=O)cc4)CC(c4ccc(CO)cc4)O3)c2)c1. The Morgan fingerprint density at radius 1 is 0.800 bits per heavy atom. The van der Waals surface area contributed by atoms with Crippen molar-refractivity contribution in [3.63, 3.8) is 0 Å². The van der Waals surface area contributed by atoms with Crippen LogP contribution in [0.25, 0.3) is 11.1 Å². The highest BCUT2D eigenvalue weighted by Crippen LogP contribution is 2.40. The van der Waals surface area contributed by atoms with Crippen LogP contribution < -0.4 is 16.0 Å². The summed E-state index contributed by atoms with van der Waals surface area (Å²) < 4.78 is 18.2. The third-order valence-electron chi connectivity index (χ3n) is 9.17. The number of thioether (sulfide) groups is 1. The molecule has 11 heteroatoms. The molecule has 1 fully saturated rings. The lowest BCUT2D eigenvalue weighted by atomic mass is 9.99. The van der Waals surface area contributed by atoms with E-state index in [0.29, 0.717) is 18.6 Å². The van der Waals surface area contributed by atoms with Gasteiger partial charge in [-0.15, -0.1) is 11.8 Å². The van der Waals surface area contributed by atoms with E-state index in [-0.39, 0.29) is 31.3 Å². The van der Waals surface area contributed by atoms with Crippen molar-refractivity contribution in [2.75, 3.05) is 18.2 Å². The van der Waals surface area contributed by atoms with Crippen LogP contribution in [0.3, 0.4) is 0 Å². The molecule has 1 heterocycles. The van der Waals surface area contributed by atoms with Gasteiger partial charge in [0, 0.05) is 48.2 Å². The molecule has 6 rings (SSSR count). The maximum Gasteiger partial charge on any atom is 0.328 e. The lowest BCUT2D eigenvalue weighted by Crippen LogP contribution is -2.47. The third kappa shape index (κ3) is 11.3. The Morgan fingerprint density at radius 2 is 1.51 bits per heavy atom. The van der Waals surface area contributed by atoms with Gasteiger partial charge in [0.15, 0.2) is 6.29 Å². The number of carbonyl (C=O) groups excluding carboxylic acids is 3. The number of anilines is 1. The molecule has 1 aliphatic heterocycles. The van der Waals surface area contributed by atoms with Crippen molar-refractivity contribution < 1.29 is 33.7 Å². The molecule has 3 amide bonds. The van der Waals surface area contributed by atoms with Crippen molar-refractivity contribution in [1.29, 1.82) is 0 Å². The Hall–Kier alpha value is -5.46. The Labute approximate surface area is 325 Å². The molecular formula is C44H45N3O7S. The molecule has 0 spiro atoms. The van der Waals surface area contributed by atoms with Gasteiger partial charge in [0.2, 0.25) is 5.91 Å². The second kappa shape index (κ2) is 19.2. The summed E-state index contributed by atoms with van der Waals surface area (Å²) in [6.07, 6.45) is -0.0177. The van der Waals surface area contributed by atoms with Crippen molar-refractivity contribution in [1.82, 2.24) is 10.6 Å². The zero-order valence-corrected chi connectivity index (χ0v) is 31.6. The maximum atomic E-state index is 12.9. The maximum absolute atomic E-state index is 12.9. The summed E-state index contributed by atoms with van der Waals surface area (Å²) in [5.74, 6) is 0.0665. The lowest BCUT2D eigenvalue weighted by Gasteiger charge is -2.36. The molecule has 4 atom stereocenters. The summed E-state index contributed by atoms with van der Waals surface area (Å²) in [4.78, 5) is 37.8. The van der Waals surface area contributed by atoms with Crippen LogP contribution in [0, 0.1) is 0 Å². The summed E-state index contributed by atoms with van der Waals surface area (Å²) >= 11 is 1.69. The van der Waals surface area contributed by atoms with E-state index in [9.17, 15) is 19.5 Å². The number of carbonyl (C=O) groups is 3. The molecule has 0 radical (unpaired) electrons. The molecule has 1 saturated heterocycles. The number of urea groups is 1. The molecule has 4 N–H and O–H groups in total. The molecule has 55 heavy (non-hydrogen) atoms. The van der Waals surface area contributed by atoms with E-state index in [1.807, 2.05) is 121 Å². The highest BCUT2D eigenvalue weighted by Gasteiger charge is 2.32. The summed E-state index contributed by atoms with van der Waals surface area (Å²) in [7, 11) is 1.30. The van der Waals surface area contributed by atoms with Gasteiger partial charge in [-0.05, 0) is 69.8 Å². The average molecular weight is 760 g/mol. The van der Waals surface area contributed by atoms with Crippen LogP contribution in [0.15, 0.2) is 132 Å². The van der Waals surface area contributed by atoms with E-state index < -0.39 is 24.3 Å². The van der Waals surface area contributed by atoms with Crippen molar-refractivity contribution in [3.8, 4) is 11.1 Å². The van der Waals surface area contributed by atoms with Crippen LogP contribution in [0.1, 0.15) is 53.6 Å². The molecule has 5 aromatic carbocycles. The van der Waals surface area contributed by atoms with Crippen LogP contribution in [0.4, 0.5) is 10.5 Å². The average Bonchev–Trinajstić information content (AvgIpc) is 3.22. The molecule has 0 aliphatic carbocycles. The van der Waals surface area contributed by atoms with Crippen LogP contribution in [0.5, 0.6) is 0 Å². The van der Waals surface area contributed by atoms with Crippen LogP contribution in [0.2, 0.25) is 0 Å². The lowest BCUT2D eigenvalue weighted by molar-refractivity contribution is -0.245. The number of nitrogens with one attached hydrogen (secondary N) is 3. The number of aliphatic hydroxyl groups excluding tert-OH is 1. The largest absolute Gasteiger partial charge is 0.467 e. The van der Waals surface area contributed by atoms with Crippen molar-refractivity contribution >= 4 is 35.4 Å². The van der Waals surface area contributed by atoms with Gasteiger partial charge in [-0.1, -0.05) is 91.0 Å². The number of aliphatic hydroxyl groups is 1. The molecule has 284 valence electrons. The van der Waals surface area contributed by atoms with E-state index >= 15 is 0 Å². The van der Waals surface area contributed by atoms with Gasteiger partial charge in [0.05, 0.1) is 25.9 Å². The van der Waals surface area contributed by atoms with E-state index in [1.54, 1.807) is 11.8 Å². The minimum Gasteiger partial charge on any atom is -0.467 e. The predicted octanol–water partition coefficient (Wildman–Crippen LogP) is 7.73. The van der Waals surface area contributed by atoms with Gasteiger partial charge in [-0.25, -0.2) is 9.59 Å². The molecule has 0 bridgehead atoms. The van der Waals surface area contributed by atoms with Crippen LogP contribution in [-0.4, -0.2) is 48.0 Å². The highest BCUT2D eigenvalue weighted by molar-refractivity contribution is 7.99. The number of rotatable bonds is 14. The number of methoxy groups -OCH3 is 1. The Bertz CT molecular complexity index is 2040. The second-order valence-electron chi connectivity index (χ2n) is 13.3. The first-order valence-electron chi connectivity index (χ1n) is 18.1. The minimum absolute atomic E-state index is 0.0284. The van der Waals surface area contributed by atoms with E-state index in [0.717, 1.165) is 49.5 Å². The fourth-order valence-corrected chi connectivity index (χ4v) is 7.27. The Balaban J connectivity index is 1.13. The normalized spacial score (nSPS) is 17.1.